The van der Waals surface area contributed by atoms with E-state index in [2.05, 4.69) is 7.05 Å². The zero-order valence-corrected chi connectivity index (χ0v) is 15.0. The minimum atomic E-state index is -3.44. The van der Waals surface area contributed by atoms with Crippen LogP contribution in [0.3, 0.4) is 0 Å². The molecule has 3 rings (SSSR count). The lowest BCUT2D eigenvalue weighted by Gasteiger charge is -2.29. The van der Waals surface area contributed by atoms with Gasteiger partial charge in [-0.3, -0.25) is 0 Å². The second-order valence-electron chi connectivity index (χ2n) is 5.87. The van der Waals surface area contributed by atoms with Crippen molar-refractivity contribution in [1.82, 2.24) is 4.31 Å². The van der Waals surface area contributed by atoms with E-state index in [1.54, 1.807) is 40.7 Å². The molecule has 1 fully saturated rings. The van der Waals surface area contributed by atoms with Crippen molar-refractivity contribution in [2.75, 3.05) is 33.2 Å². The summed E-state index contributed by atoms with van der Waals surface area (Å²) in [6, 6.07) is 13.6. The van der Waals surface area contributed by atoms with E-state index in [0.29, 0.717) is 29.6 Å². The Balaban J connectivity index is 1.75. The van der Waals surface area contributed by atoms with Crippen molar-refractivity contribution in [2.45, 2.75) is 4.90 Å². The van der Waals surface area contributed by atoms with Gasteiger partial charge in [0.15, 0.2) is 0 Å². The van der Waals surface area contributed by atoms with Crippen molar-refractivity contribution in [2.24, 2.45) is 0 Å². The van der Waals surface area contributed by atoms with Gasteiger partial charge in [0.1, 0.15) is 11.5 Å². The standard InChI is InChI=1S/C17H19ClN2O3S/c1-19-10-12-20(13-11-19)24(21,22)15-8-6-14(7-9-15)23-17-5-3-2-4-16(17)18/h2-9H,10-13H2,1H3/p+1. The maximum absolute atomic E-state index is 12.7. The molecule has 0 radical (unpaired) electrons. The molecule has 2 aromatic carbocycles. The zero-order chi connectivity index (χ0) is 17.2. The molecule has 0 spiro atoms. The van der Waals surface area contributed by atoms with E-state index in [0.717, 1.165) is 13.1 Å². The molecule has 5 nitrogen and oxygen atoms in total. The molecule has 0 atom stereocenters. The number of sulfonamides is 1. The average molecular weight is 368 g/mol. The Hall–Kier alpha value is -1.60. The van der Waals surface area contributed by atoms with Crippen molar-refractivity contribution < 1.29 is 18.1 Å². The predicted octanol–water partition coefficient (Wildman–Crippen LogP) is 1.65. The van der Waals surface area contributed by atoms with Crippen LogP contribution in [0, 0.1) is 0 Å². The number of nitrogens with zero attached hydrogens (tertiary/aromatic N) is 1. The molecule has 0 aromatic heterocycles. The third kappa shape index (κ3) is 3.72. The van der Waals surface area contributed by atoms with E-state index in [1.165, 1.54) is 4.90 Å². The number of para-hydroxylation sites is 1. The van der Waals surface area contributed by atoms with Gasteiger partial charge in [0.05, 0.1) is 43.1 Å². The molecule has 0 unspecified atom stereocenters. The quantitative estimate of drug-likeness (QED) is 0.894. The van der Waals surface area contributed by atoms with Crippen molar-refractivity contribution in [3.8, 4) is 11.5 Å². The Labute approximate surface area is 147 Å². The SMILES string of the molecule is C[NH+]1CCN(S(=O)(=O)c2ccc(Oc3ccccc3Cl)cc2)CC1. The van der Waals surface area contributed by atoms with Crippen LogP contribution in [0.25, 0.3) is 0 Å². The lowest BCUT2D eigenvalue weighted by Crippen LogP contribution is -3.12. The van der Waals surface area contributed by atoms with Crippen molar-refractivity contribution in [3.05, 3.63) is 53.6 Å². The highest BCUT2D eigenvalue weighted by Gasteiger charge is 2.29. The molecule has 0 aliphatic carbocycles. The van der Waals surface area contributed by atoms with E-state index < -0.39 is 10.0 Å². The van der Waals surface area contributed by atoms with Crippen LogP contribution in [0.5, 0.6) is 11.5 Å². The topological polar surface area (TPSA) is 51.0 Å². The third-order valence-electron chi connectivity index (χ3n) is 4.10. The molecule has 1 aliphatic rings. The first kappa shape index (κ1) is 17.2. The van der Waals surface area contributed by atoms with Crippen LogP contribution in [0.4, 0.5) is 0 Å². The number of nitrogens with one attached hydrogen (secondary N) is 1. The number of ether oxygens (including phenoxy) is 1. The van der Waals surface area contributed by atoms with Crippen LogP contribution >= 0.6 is 11.6 Å². The number of hydrogen-bond acceptors (Lipinski definition) is 3. The van der Waals surface area contributed by atoms with E-state index in [1.807, 2.05) is 12.1 Å². The molecule has 0 saturated carbocycles. The maximum atomic E-state index is 12.7. The summed E-state index contributed by atoms with van der Waals surface area (Å²) in [5.41, 5.74) is 0. The van der Waals surface area contributed by atoms with Crippen molar-refractivity contribution in [1.29, 1.82) is 0 Å². The second-order valence-corrected chi connectivity index (χ2v) is 8.21. The number of hydrogen-bond donors (Lipinski definition) is 1. The first-order chi connectivity index (χ1) is 11.5. The van der Waals surface area contributed by atoms with E-state index in [9.17, 15) is 8.42 Å². The van der Waals surface area contributed by atoms with Gasteiger partial charge in [-0.25, -0.2) is 8.42 Å². The lowest BCUT2D eigenvalue weighted by atomic mass is 10.3. The Bertz CT molecular complexity index is 801. The fraction of sp³-hybridized carbons (Fsp3) is 0.294. The number of quaternary nitrogens is 1. The summed E-state index contributed by atoms with van der Waals surface area (Å²) in [6.45, 7) is 2.75. The summed E-state index contributed by atoms with van der Waals surface area (Å²) in [7, 11) is -1.37. The van der Waals surface area contributed by atoms with Gasteiger partial charge in [0.25, 0.3) is 0 Å². The molecule has 2 aromatic rings. The normalized spacial score (nSPS) is 16.9. The molecule has 24 heavy (non-hydrogen) atoms. The fourth-order valence-corrected chi connectivity index (χ4v) is 4.21. The van der Waals surface area contributed by atoms with Crippen LogP contribution in [0.1, 0.15) is 0 Å². The summed E-state index contributed by atoms with van der Waals surface area (Å²) in [5.74, 6) is 1.08. The average Bonchev–Trinajstić information content (AvgIpc) is 2.58. The zero-order valence-electron chi connectivity index (χ0n) is 13.4. The molecular formula is C17H20ClN2O3S+. The number of halogens is 1. The van der Waals surface area contributed by atoms with Gasteiger partial charge < -0.3 is 9.64 Å². The maximum Gasteiger partial charge on any atom is 0.243 e. The molecular weight excluding hydrogens is 348 g/mol. The van der Waals surface area contributed by atoms with Crippen LogP contribution in [-0.4, -0.2) is 45.9 Å². The molecule has 0 amide bonds. The predicted molar refractivity (Wildman–Crippen MR) is 93.3 cm³/mol. The van der Waals surface area contributed by atoms with Crippen molar-refractivity contribution >= 4 is 21.6 Å². The summed E-state index contributed by atoms with van der Waals surface area (Å²) >= 11 is 6.06. The Morgan fingerprint density at radius 1 is 1.04 bits per heavy atom. The van der Waals surface area contributed by atoms with Crippen molar-refractivity contribution in [3.63, 3.8) is 0 Å². The van der Waals surface area contributed by atoms with Gasteiger partial charge in [-0.15, -0.1) is 0 Å². The molecule has 7 heteroatoms. The number of piperazine rings is 1. The molecule has 0 bridgehead atoms. The smallest absolute Gasteiger partial charge is 0.243 e. The third-order valence-corrected chi connectivity index (χ3v) is 6.33. The minimum Gasteiger partial charge on any atom is -0.456 e. The highest BCUT2D eigenvalue weighted by atomic mass is 35.5. The molecule has 128 valence electrons. The number of likely N-dealkylation sites (N-methyl/N-ethyl adjacent to an activating group) is 1. The van der Waals surface area contributed by atoms with Crippen LogP contribution in [0.15, 0.2) is 53.4 Å². The van der Waals surface area contributed by atoms with Gasteiger partial charge in [0.2, 0.25) is 10.0 Å². The Kier molecular flexibility index (Phi) is 5.10. The summed E-state index contributed by atoms with van der Waals surface area (Å²) in [6.07, 6.45) is 0. The molecule has 1 N–H and O–H groups in total. The largest absolute Gasteiger partial charge is 0.456 e. The summed E-state index contributed by atoms with van der Waals surface area (Å²) in [4.78, 5) is 1.64. The fourth-order valence-electron chi connectivity index (χ4n) is 2.59. The Morgan fingerprint density at radius 3 is 2.29 bits per heavy atom. The second kappa shape index (κ2) is 7.11. The summed E-state index contributed by atoms with van der Waals surface area (Å²) < 4.78 is 32.6. The highest BCUT2D eigenvalue weighted by molar-refractivity contribution is 7.89. The van der Waals surface area contributed by atoms with Gasteiger partial charge >= 0.3 is 0 Å². The van der Waals surface area contributed by atoms with Gasteiger partial charge in [-0.05, 0) is 36.4 Å². The lowest BCUT2D eigenvalue weighted by molar-refractivity contribution is -0.883. The van der Waals surface area contributed by atoms with Gasteiger partial charge in [-0.1, -0.05) is 23.7 Å². The number of rotatable bonds is 4. The first-order valence-corrected chi connectivity index (χ1v) is 9.62. The van der Waals surface area contributed by atoms with Crippen LogP contribution in [-0.2, 0) is 10.0 Å². The monoisotopic (exact) mass is 367 g/mol. The molecule has 1 heterocycles. The van der Waals surface area contributed by atoms with E-state index >= 15 is 0 Å². The van der Waals surface area contributed by atoms with Gasteiger partial charge in [-0.2, -0.15) is 4.31 Å². The summed E-state index contributed by atoms with van der Waals surface area (Å²) in [5, 5.41) is 0.508. The van der Waals surface area contributed by atoms with Gasteiger partial charge in [0, 0.05) is 0 Å². The minimum absolute atomic E-state index is 0.286. The van der Waals surface area contributed by atoms with Crippen LogP contribution < -0.4 is 9.64 Å². The molecule has 1 aliphatic heterocycles. The van der Waals surface area contributed by atoms with E-state index in [4.69, 9.17) is 16.3 Å². The Morgan fingerprint density at radius 2 is 1.67 bits per heavy atom. The van der Waals surface area contributed by atoms with Crippen LogP contribution in [0.2, 0.25) is 5.02 Å². The van der Waals surface area contributed by atoms with E-state index in [-0.39, 0.29) is 4.90 Å². The molecule has 1 saturated heterocycles. The first-order valence-electron chi connectivity index (χ1n) is 7.81. The highest BCUT2D eigenvalue weighted by Crippen LogP contribution is 2.29. The number of benzene rings is 2.